The van der Waals surface area contributed by atoms with Gasteiger partial charge in [-0.2, -0.15) is 0 Å². The topological polar surface area (TPSA) is 96.3 Å². The van der Waals surface area contributed by atoms with Crippen molar-refractivity contribution in [2.45, 2.75) is 19.4 Å². The number of phenolic OH excluding ortho intramolecular Hbond substituents is 1. The number of rotatable bonds is 7. The van der Waals surface area contributed by atoms with Crippen molar-refractivity contribution in [2.24, 2.45) is 0 Å². The maximum atomic E-state index is 13.2. The van der Waals surface area contributed by atoms with Crippen LogP contribution in [0, 0.1) is 0 Å². The number of phenols is 1. The monoisotopic (exact) mass is 459 g/mol. The van der Waals surface area contributed by atoms with Gasteiger partial charge < -0.3 is 19.7 Å². The Morgan fingerprint density at radius 3 is 2.21 bits per heavy atom. The lowest BCUT2D eigenvalue weighted by Crippen LogP contribution is -2.29. The molecule has 3 aromatic rings. The quantitative estimate of drug-likeness (QED) is 0.299. The number of carbonyl (C=O) groups excluding carboxylic acids is 2. The number of amides is 1. The summed E-state index contributed by atoms with van der Waals surface area (Å²) in [4.78, 5) is 27.6. The smallest absolute Gasteiger partial charge is 0.300 e. The third kappa shape index (κ3) is 4.20. The molecule has 1 aliphatic rings. The second kappa shape index (κ2) is 9.70. The van der Waals surface area contributed by atoms with Gasteiger partial charge in [-0.25, -0.2) is 0 Å². The van der Waals surface area contributed by atoms with E-state index >= 15 is 0 Å². The largest absolute Gasteiger partial charge is 0.507 e. The Morgan fingerprint density at radius 1 is 0.941 bits per heavy atom. The number of hydrogen-bond acceptors (Lipinski definition) is 6. The first-order valence-electron chi connectivity index (χ1n) is 10.9. The van der Waals surface area contributed by atoms with E-state index in [1.165, 1.54) is 18.1 Å². The molecule has 174 valence electrons. The van der Waals surface area contributed by atoms with Crippen LogP contribution < -0.4 is 14.4 Å². The van der Waals surface area contributed by atoms with E-state index in [1.807, 2.05) is 6.92 Å². The summed E-state index contributed by atoms with van der Waals surface area (Å²) in [6, 6.07) is 18.9. The highest BCUT2D eigenvalue weighted by molar-refractivity contribution is 6.51. The Balaban J connectivity index is 1.86. The van der Waals surface area contributed by atoms with Gasteiger partial charge >= 0.3 is 0 Å². The van der Waals surface area contributed by atoms with Crippen LogP contribution in [-0.2, 0) is 9.59 Å². The van der Waals surface area contributed by atoms with Gasteiger partial charge in [-0.3, -0.25) is 14.5 Å². The van der Waals surface area contributed by atoms with E-state index in [0.29, 0.717) is 29.2 Å². The summed E-state index contributed by atoms with van der Waals surface area (Å²) in [7, 11) is 1.54. The van der Waals surface area contributed by atoms with E-state index in [1.54, 1.807) is 66.7 Å². The van der Waals surface area contributed by atoms with Crippen molar-refractivity contribution >= 4 is 23.1 Å². The van der Waals surface area contributed by atoms with Crippen molar-refractivity contribution in [3.05, 3.63) is 89.5 Å². The average Bonchev–Trinajstić information content (AvgIpc) is 3.13. The van der Waals surface area contributed by atoms with Gasteiger partial charge in [0, 0.05) is 5.56 Å². The number of Topliss-reactive ketones (excluding diaryl/α,β-unsaturated/α-hetero) is 1. The van der Waals surface area contributed by atoms with Gasteiger partial charge in [-0.05, 0) is 60.5 Å². The fourth-order valence-corrected chi connectivity index (χ4v) is 3.93. The van der Waals surface area contributed by atoms with Crippen LogP contribution in [0.2, 0.25) is 0 Å². The number of anilines is 1. The van der Waals surface area contributed by atoms with Gasteiger partial charge in [0.1, 0.15) is 23.0 Å². The standard InChI is InChI=1S/C27H25NO6/c1-3-16-34-20-14-10-18(11-15-20)25(30)23-24(17-8-12-19(33-2)13-9-17)28(27(32)26(23)31)21-6-4-5-7-22(21)29/h4-15,24,29-30H,3,16H2,1-2H3/b25-23+. The molecule has 1 heterocycles. The molecule has 0 bridgehead atoms. The van der Waals surface area contributed by atoms with E-state index in [9.17, 15) is 19.8 Å². The number of aliphatic hydroxyl groups is 1. The number of nitrogens with zero attached hydrogens (tertiary/aromatic N) is 1. The highest BCUT2D eigenvalue weighted by Crippen LogP contribution is 2.44. The predicted molar refractivity (Wildman–Crippen MR) is 128 cm³/mol. The lowest BCUT2D eigenvalue weighted by Gasteiger charge is -2.26. The molecule has 1 atom stereocenters. The van der Waals surface area contributed by atoms with E-state index in [-0.39, 0.29) is 22.8 Å². The highest BCUT2D eigenvalue weighted by Gasteiger charge is 2.47. The Morgan fingerprint density at radius 2 is 1.59 bits per heavy atom. The van der Waals surface area contributed by atoms with E-state index in [2.05, 4.69) is 0 Å². The number of benzene rings is 3. The third-order valence-corrected chi connectivity index (χ3v) is 5.62. The predicted octanol–water partition coefficient (Wildman–Crippen LogP) is 4.82. The first-order chi connectivity index (χ1) is 16.5. The molecular weight excluding hydrogens is 434 g/mol. The average molecular weight is 459 g/mol. The zero-order chi connectivity index (χ0) is 24.2. The lowest BCUT2D eigenvalue weighted by molar-refractivity contribution is -0.132. The molecule has 7 heteroatoms. The first-order valence-corrected chi connectivity index (χ1v) is 10.9. The van der Waals surface area contributed by atoms with Crippen LogP contribution in [0.3, 0.4) is 0 Å². The SMILES string of the molecule is CCCOc1ccc(/C(O)=C2\C(=O)C(=O)N(c3ccccc3O)C2c2ccc(OC)cc2)cc1. The van der Waals surface area contributed by atoms with Gasteiger partial charge in [0.25, 0.3) is 11.7 Å². The van der Waals surface area contributed by atoms with E-state index < -0.39 is 17.7 Å². The maximum Gasteiger partial charge on any atom is 0.300 e. The third-order valence-electron chi connectivity index (χ3n) is 5.62. The maximum absolute atomic E-state index is 13.2. The van der Waals surface area contributed by atoms with Crippen molar-refractivity contribution in [3.63, 3.8) is 0 Å². The van der Waals surface area contributed by atoms with Gasteiger partial charge in [-0.15, -0.1) is 0 Å². The molecule has 0 saturated carbocycles. The molecule has 1 saturated heterocycles. The molecule has 4 rings (SSSR count). The van der Waals surface area contributed by atoms with Gasteiger partial charge in [0.05, 0.1) is 31.0 Å². The van der Waals surface area contributed by atoms with E-state index in [4.69, 9.17) is 9.47 Å². The first kappa shape index (κ1) is 22.9. The fraction of sp³-hybridized carbons (Fsp3) is 0.185. The second-order valence-electron chi connectivity index (χ2n) is 7.80. The molecule has 0 aromatic heterocycles. The zero-order valence-corrected chi connectivity index (χ0v) is 18.9. The number of aromatic hydroxyl groups is 1. The molecule has 1 aliphatic heterocycles. The van der Waals surface area contributed by atoms with Crippen molar-refractivity contribution < 1.29 is 29.3 Å². The van der Waals surface area contributed by atoms with Crippen molar-refractivity contribution in [1.29, 1.82) is 0 Å². The Bertz CT molecular complexity index is 1230. The number of methoxy groups -OCH3 is 1. The summed E-state index contributed by atoms with van der Waals surface area (Å²) in [5.74, 6) is -0.898. The molecule has 3 aromatic carbocycles. The van der Waals surface area contributed by atoms with E-state index in [0.717, 1.165) is 6.42 Å². The van der Waals surface area contributed by atoms with Crippen molar-refractivity contribution in [2.75, 3.05) is 18.6 Å². The number of ether oxygens (including phenoxy) is 2. The molecule has 1 fully saturated rings. The van der Waals surface area contributed by atoms with Crippen LogP contribution in [0.1, 0.15) is 30.5 Å². The summed E-state index contributed by atoms with van der Waals surface area (Å²) < 4.78 is 10.8. The molecule has 0 spiro atoms. The molecule has 0 aliphatic carbocycles. The summed E-state index contributed by atoms with van der Waals surface area (Å²) in [5, 5.41) is 21.6. The number of ketones is 1. The fourth-order valence-electron chi connectivity index (χ4n) is 3.93. The molecule has 7 nitrogen and oxygen atoms in total. The molecular formula is C27H25NO6. The highest BCUT2D eigenvalue weighted by atomic mass is 16.5. The zero-order valence-electron chi connectivity index (χ0n) is 18.9. The normalized spacial score (nSPS) is 17.1. The minimum absolute atomic E-state index is 0.0688. The van der Waals surface area contributed by atoms with Crippen LogP contribution in [0.25, 0.3) is 5.76 Å². The van der Waals surface area contributed by atoms with Gasteiger partial charge in [0.2, 0.25) is 0 Å². The number of carbonyl (C=O) groups is 2. The molecule has 1 unspecified atom stereocenters. The van der Waals surface area contributed by atoms with Gasteiger partial charge in [-0.1, -0.05) is 31.2 Å². The minimum atomic E-state index is -0.949. The Labute approximate surface area is 197 Å². The van der Waals surface area contributed by atoms with Gasteiger partial charge in [0.15, 0.2) is 0 Å². The number of aliphatic hydroxyl groups excluding tert-OH is 1. The number of para-hydroxylation sites is 2. The molecule has 0 radical (unpaired) electrons. The lowest BCUT2D eigenvalue weighted by atomic mass is 9.95. The molecule has 34 heavy (non-hydrogen) atoms. The van der Waals surface area contributed by atoms with Crippen LogP contribution >= 0.6 is 0 Å². The molecule has 2 N–H and O–H groups in total. The number of hydrogen-bond donors (Lipinski definition) is 2. The Kier molecular flexibility index (Phi) is 6.54. The van der Waals surface area contributed by atoms with Crippen molar-refractivity contribution in [1.82, 2.24) is 0 Å². The Hall–Kier alpha value is -4.26. The van der Waals surface area contributed by atoms with Crippen LogP contribution in [0.4, 0.5) is 5.69 Å². The van der Waals surface area contributed by atoms with Crippen LogP contribution in [-0.4, -0.2) is 35.6 Å². The summed E-state index contributed by atoms with van der Waals surface area (Å²) in [5.41, 5.74) is 1.05. The van der Waals surface area contributed by atoms with Crippen molar-refractivity contribution in [3.8, 4) is 17.2 Å². The van der Waals surface area contributed by atoms with Crippen LogP contribution in [0.5, 0.6) is 17.2 Å². The summed E-state index contributed by atoms with van der Waals surface area (Å²) in [6.45, 7) is 2.57. The summed E-state index contributed by atoms with van der Waals surface area (Å²) >= 11 is 0. The summed E-state index contributed by atoms with van der Waals surface area (Å²) in [6.07, 6.45) is 0.860. The minimum Gasteiger partial charge on any atom is -0.507 e. The second-order valence-corrected chi connectivity index (χ2v) is 7.80. The molecule has 1 amide bonds. The van der Waals surface area contributed by atoms with Crippen LogP contribution in [0.15, 0.2) is 78.4 Å².